The number of rotatable bonds is 3. The second kappa shape index (κ2) is 7.92. The van der Waals surface area contributed by atoms with E-state index in [9.17, 15) is 9.59 Å². The molecule has 2 aliphatic heterocycles. The van der Waals surface area contributed by atoms with Crippen molar-refractivity contribution in [3.63, 3.8) is 0 Å². The van der Waals surface area contributed by atoms with Gasteiger partial charge in [0, 0.05) is 18.1 Å². The predicted molar refractivity (Wildman–Crippen MR) is 121 cm³/mol. The molecule has 2 atom stereocenters. The summed E-state index contributed by atoms with van der Waals surface area (Å²) in [5.74, 6) is 0.374. The summed E-state index contributed by atoms with van der Waals surface area (Å²) in [5, 5.41) is 0.495. The Bertz CT molecular complexity index is 1050. The molecule has 0 N–H and O–H groups in total. The Labute approximate surface area is 183 Å². The summed E-state index contributed by atoms with van der Waals surface area (Å²) in [7, 11) is 0. The number of halogens is 1. The number of carbonyl (C=O) groups is 2. The van der Waals surface area contributed by atoms with Crippen LogP contribution in [0.2, 0.25) is 5.02 Å². The molecule has 0 aromatic heterocycles. The molecule has 5 heteroatoms. The molecule has 4 nitrogen and oxygen atoms in total. The van der Waals surface area contributed by atoms with Crippen molar-refractivity contribution < 1.29 is 9.59 Å². The number of piperidine rings is 1. The topological polar surface area (TPSA) is 40.6 Å². The lowest BCUT2D eigenvalue weighted by Gasteiger charge is -2.37. The molecule has 2 aromatic carbocycles. The molecule has 0 saturated carbocycles. The maximum Gasteiger partial charge on any atom is 0.282 e. The number of aryl methyl sites for hydroxylation is 2. The van der Waals surface area contributed by atoms with E-state index in [1.54, 1.807) is 24.3 Å². The molecular formula is C25H27ClN2O2. The minimum atomic E-state index is -0.286. The van der Waals surface area contributed by atoms with Crippen molar-refractivity contribution in [2.75, 3.05) is 18.0 Å². The molecule has 156 valence electrons. The first kappa shape index (κ1) is 20.7. The zero-order valence-electron chi connectivity index (χ0n) is 17.9. The van der Waals surface area contributed by atoms with Gasteiger partial charge in [0.15, 0.2) is 0 Å². The molecular weight excluding hydrogens is 396 g/mol. The summed E-state index contributed by atoms with van der Waals surface area (Å²) >= 11 is 6.16. The quantitative estimate of drug-likeness (QED) is 0.637. The molecule has 0 spiro atoms. The number of nitrogens with zero attached hydrogens (tertiary/aromatic N) is 2. The van der Waals surface area contributed by atoms with Gasteiger partial charge in [0.05, 0.1) is 11.3 Å². The number of imide groups is 1. The lowest BCUT2D eigenvalue weighted by Crippen LogP contribution is -2.42. The number of amides is 2. The second-order valence-electron chi connectivity index (χ2n) is 8.80. The first-order valence-corrected chi connectivity index (χ1v) is 10.8. The summed E-state index contributed by atoms with van der Waals surface area (Å²) < 4.78 is 0. The highest BCUT2D eigenvalue weighted by Gasteiger charge is 2.43. The monoisotopic (exact) mass is 422 g/mol. The van der Waals surface area contributed by atoms with Crippen molar-refractivity contribution in [2.24, 2.45) is 11.8 Å². The lowest BCUT2D eigenvalue weighted by atomic mass is 9.90. The first-order valence-electron chi connectivity index (χ1n) is 10.5. The van der Waals surface area contributed by atoms with E-state index in [0.717, 1.165) is 36.2 Å². The van der Waals surface area contributed by atoms with Crippen LogP contribution in [0.4, 0.5) is 5.69 Å². The maximum atomic E-state index is 13.6. The average Bonchev–Trinajstić information content (AvgIpc) is 2.93. The van der Waals surface area contributed by atoms with Crippen LogP contribution in [0.3, 0.4) is 0 Å². The SMILES string of the molecule is Cc1ccc(C2=C(N3CC(C)CC(C)C3)C(=O)N(c3cccc(Cl)c3)C2=O)cc1C. The first-order chi connectivity index (χ1) is 14.3. The van der Waals surface area contributed by atoms with E-state index in [2.05, 4.69) is 18.7 Å². The third kappa shape index (κ3) is 3.65. The highest BCUT2D eigenvalue weighted by molar-refractivity contribution is 6.45. The molecule has 2 aliphatic rings. The van der Waals surface area contributed by atoms with Crippen molar-refractivity contribution in [2.45, 2.75) is 34.1 Å². The van der Waals surface area contributed by atoms with Gasteiger partial charge in [0.25, 0.3) is 11.8 Å². The van der Waals surface area contributed by atoms with Gasteiger partial charge < -0.3 is 4.90 Å². The van der Waals surface area contributed by atoms with Crippen molar-refractivity contribution in [1.29, 1.82) is 0 Å². The summed E-state index contributed by atoms with van der Waals surface area (Å²) in [4.78, 5) is 30.6. The maximum absolute atomic E-state index is 13.6. The van der Waals surface area contributed by atoms with Gasteiger partial charge in [0.1, 0.15) is 5.70 Å². The molecule has 0 aliphatic carbocycles. The number of likely N-dealkylation sites (tertiary alicyclic amines) is 1. The number of anilines is 1. The number of carbonyl (C=O) groups excluding carboxylic acids is 2. The van der Waals surface area contributed by atoms with Crippen LogP contribution in [-0.4, -0.2) is 29.8 Å². The molecule has 1 fully saturated rings. The van der Waals surface area contributed by atoms with E-state index >= 15 is 0 Å². The van der Waals surface area contributed by atoms with Gasteiger partial charge in [-0.3, -0.25) is 9.59 Å². The van der Waals surface area contributed by atoms with Crippen LogP contribution in [0, 0.1) is 25.7 Å². The Morgan fingerprint density at radius 3 is 2.23 bits per heavy atom. The van der Waals surface area contributed by atoms with E-state index in [1.807, 2.05) is 32.0 Å². The van der Waals surface area contributed by atoms with E-state index in [1.165, 1.54) is 4.90 Å². The number of benzene rings is 2. The van der Waals surface area contributed by atoms with Crippen LogP contribution >= 0.6 is 11.6 Å². The third-order valence-electron chi connectivity index (χ3n) is 6.11. The van der Waals surface area contributed by atoms with Gasteiger partial charge in [-0.2, -0.15) is 0 Å². The molecule has 2 aromatic rings. The summed E-state index contributed by atoms with van der Waals surface area (Å²) in [6.45, 7) is 10.0. The summed E-state index contributed by atoms with van der Waals surface area (Å²) in [6.07, 6.45) is 1.13. The fraction of sp³-hybridized carbons (Fsp3) is 0.360. The zero-order valence-corrected chi connectivity index (χ0v) is 18.7. The fourth-order valence-electron chi connectivity index (χ4n) is 4.66. The highest BCUT2D eigenvalue weighted by Crippen LogP contribution is 2.38. The largest absolute Gasteiger partial charge is 0.366 e. The molecule has 30 heavy (non-hydrogen) atoms. The Kier molecular flexibility index (Phi) is 5.46. The van der Waals surface area contributed by atoms with Gasteiger partial charge in [-0.15, -0.1) is 0 Å². The molecule has 0 bridgehead atoms. The minimum Gasteiger partial charge on any atom is -0.366 e. The van der Waals surface area contributed by atoms with E-state index < -0.39 is 0 Å². The van der Waals surface area contributed by atoms with Crippen LogP contribution in [0.5, 0.6) is 0 Å². The lowest BCUT2D eigenvalue weighted by molar-refractivity contribution is -0.120. The van der Waals surface area contributed by atoms with Gasteiger partial charge in [-0.1, -0.05) is 49.7 Å². The fourth-order valence-corrected chi connectivity index (χ4v) is 4.85. The van der Waals surface area contributed by atoms with Crippen LogP contribution in [0.15, 0.2) is 48.2 Å². The predicted octanol–water partition coefficient (Wildman–Crippen LogP) is 5.22. The van der Waals surface area contributed by atoms with Gasteiger partial charge in [0.2, 0.25) is 0 Å². The Balaban J connectivity index is 1.86. The molecule has 2 unspecified atom stereocenters. The third-order valence-corrected chi connectivity index (χ3v) is 6.34. The average molecular weight is 423 g/mol. The van der Waals surface area contributed by atoms with Gasteiger partial charge in [-0.25, -0.2) is 4.90 Å². The van der Waals surface area contributed by atoms with Crippen LogP contribution in [-0.2, 0) is 9.59 Å². The van der Waals surface area contributed by atoms with Gasteiger partial charge >= 0.3 is 0 Å². The molecule has 2 heterocycles. The van der Waals surface area contributed by atoms with E-state index in [4.69, 9.17) is 11.6 Å². The molecule has 4 rings (SSSR count). The van der Waals surface area contributed by atoms with Crippen LogP contribution < -0.4 is 4.90 Å². The normalized spacial score (nSPS) is 22.3. The van der Waals surface area contributed by atoms with Crippen molar-refractivity contribution in [1.82, 2.24) is 4.90 Å². The van der Waals surface area contributed by atoms with Crippen molar-refractivity contribution >= 4 is 34.7 Å². The van der Waals surface area contributed by atoms with Crippen molar-refractivity contribution in [3.05, 3.63) is 69.9 Å². The highest BCUT2D eigenvalue weighted by atomic mass is 35.5. The summed E-state index contributed by atoms with van der Waals surface area (Å²) in [6, 6.07) is 12.9. The number of hydrogen-bond acceptors (Lipinski definition) is 3. The number of hydrogen-bond donors (Lipinski definition) is 0. The smallest absolute Gasteiger partial charge is 0.282 e. The van der Waals surface area contributed by atoms with Crippen LogP contribution in [0.25, 0.3) is 5.57 Å². The van der Waals surface area contributed by atoms with Gasteiger partial charge in [-0.05, 0) is 67.0 Å². The standard InChI is InChI=1S/C25H27ClN2O2/c1-15-10-16(2)14-27(13-15)23-22(19-9-8-17(3)18(4)11-19)24(29)28(25(23)30)21-7-5-6-20(26)12-21/h5-9,11-12,15-16H,10,13-14H2,1-4H3. The molecule has 1 saturated heterocycles. The Morgan fingerprint density at radius 1 is 0.900 bits per heavy atom. The summed E-state index contributed by atoms with van der Waals surface area (Å²) in [5.41, 5.74) is 4.56. The Hall–Kier alpha value is -2.59. The Morgan fingerprint density at radius 2 is 1.60 bits per heavy atom. The zero-order chi connectivity index (χ0) is 21.6. The van der Waals surface area contributed by atoms with E-state index in [-0.39, 0.29) is 11.8 Å². The van der Waals surface area contributed by atoms with Crippen LogP contribution in [0.1, 0.15) is 37.0 Å². The second-order valence-corrected chi connectivity index (χ2v) is 9.24. The van der Waals surface area contributed by atoms with Crippen molar-refractivity contribution in [3.8, 4) is 0 Å². The van der Waals surface area contributed by atoms with E-state index in [0.29, 0.717) is 33.8 Å². The molecule has 2 amide bonds. The molecule has 0 radical (unpaired) electrons. The minimum absolute atomic E-state index is 0.267.